The molecule has 0 fully saturated rings. The van der Waals surface area contributed by atoms with E-state index >= 15 is 0 Å². The fraction of sp³-hybridized carbons (Fsp3) is 0.0435. The van der Waals surface area contributed by atoms with Crippen LogP contribution in [0.4, 0.5) is 5.69 Å². The number of nitrogens with zero attached hydrogens (tertiary/aromatic N) is 2. The standard InChI is InChI=1S/C23H17N3O3/c27-23(24-17-11-12-20-21(13-17)29-15-28-20)19-14-26(18-9-5-2-6-10-18)25-22(19)16-7-3-1-4-8-16/h1-14H,15H2,(H,24,27). The van der Waals surface area contributed by atoms with Crippen LogP contribution in [0.3, 0.4) is 0 Å². The van der Waals surface area contributed by atoms with Crippen LogP contribution in [-0.2, 0) is 0 Å². The Morgan fingerprint density at radius 3 is 2.41 bits per heavy atom. The van der Waals surface area contributed by atoms with E-state index in [1.54, 1.807) is 29.1 Å². The van der Waals surface area contributed by atoms with Crippen LogP contribution in [-0.4, -0.2) is 22.5 Å². The summed E-state index contributed by atoms with van der Waals surface area (Å²) in [4.78, 5) is 13.1. The fourth-order valence-corrected chi connectivity index (χ4v) is 3.24. The van der Waals surface area contributed by atoms with E-state index in [-0.39, 0.29) is 12.7 Å². The molecule has 5 rings (SSSR count). The summed E-state index contributed by atoms with van der Waals surface area (Å²) in [5, 5.41) is 7.62. The summed E-state index contributed by atoms with van der Waals surface area (Å²) in [5.41, 5.74) is 3.49. The molecule has 0 atom stereocenters. The van der Waals surface area contributed by atoms with Gasteiger partial charge < -0.3 is 14.8 Å². The Labute approximate surface area is 167 Å². The third-order valence-electron chi connectivity index (χ3n) is 4.66. The molecule has 0 bridgehead atoms. The molecule has 3 aromatic carbocycles. The van der Waals surface area contributed by atoms with E-state index in [1.807, 2.05) is 60.7 Å². The lowest BCUT2D eigenvalue weighted by atomic mass is 10.1. The van der Waals surface area contributed by atoms with Gasteiger partial charge in [-0.3, -0.25) is 4.79 Å². The summed E-state index contributed by atoms with van der Waals surface area (Å²) >= 11 is 0. The van der Waals surface area contributed by atoms with Crippen LogP contribution < -0.4 is 14.8 Å². The van der Waals surface area contributed by atoms with Gasteiger partial charge in [-0.2, -0.15) is 5.10 Å². The summed E-state index contributed by atoms with van der Waals surface area (Å²) < 4.78 is 12.4. The van der Waals surface area contributed by atoms with E-state index in [1.165, 1.54) is 0 Å². The van der Waals surface area contributed by atoms with Gasteiger partial charge in [0, 0.05) is 23.5 Å². The first-order valence-corrected chi connectivity index (χ1v) is 9.19. The fourth-order valence-electron chi connectivity index (χ4n) is 3.24. The van der Waals surface area contributed by atoms with E-state index in [4.69, 9.17) is 9.47 Å². The van der Waals surface area contributed by atoms with Gasteiger partial charge >= 0.3 is 0 Å². The molecule has 0 unspecified atom stereocenters. The molecule has 142 valence electrons. The number of fused-ring (bicyclic) bond motifs is 1. The van der Waals surface area contributed by atoms with Gasteiger partial charge in [0.25, 0.3) is 5.91 Å². The number of aromatic nitrogens is 2. The minimum absolute atomic E-state index is 0.189. The van der Waals surface area contributed by atoms with Gasteiger partial charge in [-0.05, 0) is 24.3 Å². The molecule has 0 saturated carbocycles. The van der Waals surface area contributed by atoms with Crippen molar-refractivity contribution in [1.29, 1.82) is 0 Å². The summed E-state index contributed by atoms with van der Waals surface area (Å²) in [6.07, 6.45) is 1.75. The normalized spacial score (nSPS) is 12.0. The molecule has 4 aromatic rings. The van der Waals surface area contributed by atoms with Gasteiger partial charge in [-0.1, -0.05) is 48.5 Å². The number of nitrogens with one attached hydrogen (secondary N) is 1. The highest BCUT2D eigenvalue weighted by Crippen LogP contribution is 2.34. The van der Waals surface area contributed by atoms with E-state index in [0.717, 1.165) is 11.3 Å². The molecule has 1 aliphatic heterocycles. The molecule has 6 nitrogen and oxygen atoms in total. The van der Waals surface area contributed by atoms with E-state index < -0.39 is 0 Å². The zero-order chi connectivity index (χ0) is 19.6. The Balaban J connectivity index is 1.52. The van der Waals surface area contributed by atoms with E-state index in [2.05, 4.69) is 10.4 Å². The van der Waals surface area contributed by atoms with Crippen molar-refractivity contribution in [1.82, 2.24) is 9.78 Å². The van der Waals surface area contributed by atoms with Crippen LogP contribution in [0, 0.1) is 0 Å². The summed E-state index contributed by atoms with van der Waals surface area (Å²) in [7, 11) is 0. The number of hydrogen-bond donors (Lipinski definition) is 1. The number of carbonyl (C=O) groups excluding carboxylic acids is 1. The van der Waals surface area contributed by atoms with Crippen LogP contribution in [0.2, 0.25) is 0 Å². The van der Waals surface area contributed by atoms with Crippen molar-refractivity contribution in [2.45, 2.75) is 0 Å². The Morgan fingerprint density at radius 2 is 1.62 bits per heavy atom. The molecule has 6 heteroatoms. The zero-order valence-electron chi connectivity index (χ0n) is 15.4. The second kappa shape index (κ2) is 7.16. The molecular weight excluding hydrogens is 366 g/mol. The molecule has 1 aromatic heterocycles. The molecular formula is C23H17N3O3. The maximum atomic E-state index is 13.1. The molecule has 1 aliphatic rings. The SMILES string of the molecule is O=C(Nc1ccc2c(c1)OCO2)c1cn(-c2ccccc2)nc1-c1ccccc1. The first-order valence-electron chi connectivity index (χ1n) is 9.19. The van der Waals surface area contributed by atoms with E-state index in [0.29, 0.717) is 28.4 Å². The number of amides is 1. The molecule has 0 saturated heterocycles. The lowest BCUT2D eigenvalue weighted by Gasteiger charge is -2.06. The van der Waals surface area contributed by atoms with Gasteiger partial charge in [0.2, 0.25) is 6.79 Å². The highest BCUT2D eigenvalue weighted by atomic mass is 16.7. The van der Waals surface area contributed by atoms with Crippen molar-refractivity contribution < 1.29 is 14.3 Å². The van der Waals surface area contributed by atoms with Crippen molar-refractivity contribution in [2.75, 3.05) is 12.1 Å². The van der Waals surface area contributed by atoms with Crippen molar-refractivity contribution in [2.24, 2.45) is 0 Å². The number of hydrogen-bond acceptors (Lipinski definition) is 4. The van der Waals surface area contributed by atoms with Gasteiger partial charge in [0.1, 0.15) is 5.69 Å². The second-order valence-electron chi connectivity index (χ2n) is 6.56. The highest BCUT2D eigenvalue weighted by molar-refractivity contribution is 6.08. The second-order valence-corrected chi connectivity index (χ2v) is 6.56. The lowest BCUT2D eigenvalue weighted by molar-refractivity contribution is 0.102. The first-order chi connectivity index (χ1) is 14.3. The van der Waals surface area contributed by atoms with Crippen molar-refractivity contribution in [3.8, 4) is 28.4 Å². The molecule has 0 spiro atoms. The predicted molar refractivity (Wildman–Crippen MR) is 110 cm³/mol. The maximum Gasteiger partial charge on any atom is 0.259 e. The monoisotopic (exact) mass is 383 g/mol. The van der Waals surface area contributed by atoms with Gasteiger partial charge in [0.15, 0.2) is 11.5 Å². The smallest absolute Gasteiger partial charge is 0.259 e. The average Bonchev–Trinajstić information content (AvgIpc) is 3.42. The molecule has 0 aliphatic carbocycles. The van der Waals surface area contributed by atoms with Gasteiger partial charge in [0.05, 0.1) is 11.3 Å². The maximum absolute atomic E-state index is 13.1. The van der Waals surface area contributed by atoms with Crippen molar-refractivity contribution >= 4 is 11.6 Å². The average molecular weight is 383 g/mol. The Morgan fingerprint density at radius 1 is 0.897 bits per heavy atom. The molecule has 29 heavy (non-hydrogen) atoms. The molecule has 0 radical (unpaired) electrons. The number of benzene rings is 3. The van der Waals surface area contributed by atoms with Crippen LogP contribution in [0.5, 0.6) is 11.5 Å². The van der Waals surface area contributed by atoms with Crippen LogP contribution in [0.1, 0.15) is 10.4 Å². The third kappa shape index (κ3) is 3.32. The minimum atomic E-state index is -0.245. The molecule has 2 heterocycles. The quantitative estimate of drug-likeness (QED) is 0.563. The predicted octanol–water partition coefficient (Wildman–Crippen LogP) is 4.52. The van der Waals surface area contributed by atoms with Crippen LogP contribution in [0.25, 0.3) is 16.9 Å². The van der Waals surface area contributed by atoms with Crippen molar-refractivity contribution in [3.63, 3.8) is 0 Å². The topological polar surface area (TPSA) is 65.4 Å². The summed E-state index contributed by atoms with van der Waals surface area (Å²) in [6, 6.07) is 24.7. The number of ether oxygens (including phenoxy) is 2. The Bertz CT molecular complexity index is 1170. The number of para-hydroxylation sites is 1. The largest absolute Gasteiger partial charge is 0.454 e. The Hall–Kier alpha value is -4.06. The third-order valence-corrected chi connectivity index (χ3v) is 4.66. The number of carbonyl (C=O) groups is 1. The molecule has 1 amide bonds. The summed E-state index contributed by atoms with van der Waals surface area (Å²) in [5.74, 6) is 1.04. The number of anilines is 1. The van der Waals surface area contributed by atoms with Gasteiger partial charge in [-0.15, -0.1) is 0 Å². The highest BCUT2D eigenvalue weighted by Gasteiger charge is 2.20. The minimum Gasteiger partial charge on any atom is -0.454 e. The van der Waals surface area contributed by atoms with E-state index in [9.17, 15) is 4.79 Å². The Kier molecular flexibility index (Phi) is 4.22. The van der Waals surface area contributed by atoms with Crippen LogP contribution >= 0.6 is 0 Å². The summed E-state index contributed by atoms with van der Waals surface area (Å²) in [6.45, 7) is 0.189. The first kappa shape index (κ1) is 17.1. The number of rotatable bonds is 4. The molecule has 1 N–H and O–H groups in total. The van der Waals surface area contributed by atoms with Gasteiger partial charge in [-0.25, -0.2) is 4.68 Å². The van der Waals surface area contributed by atoms with Crippen LogP contribution in [0.15, 0.2) is 85.1 Å². The lowest BCUT2D eigenvalue weighted by Crippen LogP contribution is -2.12. The zero-order valence-corrected chi connectivity index (χ0v) is 15.4. The van der Waals surface area contributed by atoms with Crippen molar-refractivity contribution in [3.05, 3.63) is 90.6 Å².